The van der Waals surface area contributed by atoms with E-state index in [1.807, 2.05) is 4.90 Å². The van der Waals surface area contributed by atoms with E-state index in [0.29, 0.717) is 15.8 Å². The summed E-state index contributed by atoms with van der Waals surface area (Å²) in [6.07, 6.45) is 1.61. The van der Waals surface area contributed by atoms with E-state index < -0.39 is 6.10 Å². The number of hydrogen-bond acceptors (Lipinski definition) is 2. The van der Waals surface area contributed by atoms with Crippen LogP contribution in [0.1, 0.15) is 19.8 Å². The zero-order valence-corrected chi connectivity index (χ0v) is 11.7. The van der Waals surface area contributed by atoms with Crippen LogP contribution < -0.4 is 4.74 Å². The standard InChI is InChI=1S/C13H15Cl2NO2/c1-9(13(17)16-6-2-3-7-16)18-12-5-4-10(14)8-11(12)15/h4-5,8-9H,2-3,6-7H2,1H3. The van der Waals surface area contributed by atoms with E-state index in [4.69, 9.17) is 27.9 Å². The molecule has 0 bridgehead atoms. The fourth-order valence-corrected chi connectivity index (χ4v) is 2.46. The van der Waals surface area contributed by atoms with Crippen LogP contribution in [0, 0.1) is 0 Å². The van der Waals surface area contributed by atoms with Crippen molar-refractivity contribution in [3.63, 3.8) is 0 Å². The summed E-state index contributed by atoms with van der Waals surface area (Å²) in [5, 5.41) is 0.967. The molecule has 2 rings (SSSR count). The minimum atomic E-state index is -0.526. The first-order valence-electron chi connectivity index (χ1n) is 5.98. The summed E-state index contributed by atoms with van der Waals surface area (Å²) < 4.78 is 5.59. The number of likely N-dealkylation sites (tertiary alicyclic amines) is 1. The zero-order valence-electron chi connectivity index (χ0n) is 10.2. The van der Waals surface area contributed by atoms with Gasteiger partial charge in [0.05, 0.1) is 5.02 Å². The number of hydrogen-bond donors (Lipinski definition) is 0. The van der Waals surface area contributed by atoms with Gasteiger partial charge in [-0.3, -0.25) is 4.79 Å². The maximum absolute atomic E-state index is 12.1. The first-order valence-corrected chi connectivity index (χ1v) is 6.74. The summed E-state index contributed by atoms with van der Waals surface area (Å²) in [7, 11) is 0. The maximum Gasteiger partial charge on any atom is 0.263 e. The molecule has 3 nitrogen and oxygen atoms in total. The van der Waals surface area contributed by atoms with Gasteiger partial charge in [-0.15, -0.1) is 0 Å². The lowest BCUT2D eigenvalue weighted by Gasteiger charge is -2.21. The molecule has 1 aliphatic heterocycles. The molecule has 0 aliphatic carbocycles. The third kappa shape index (κ3) is 3.09. The minimum Gasteiger partial charge on any atom is -0.479 e. The van der Waals surface area contributed by atoms with Gasteiger partial charge in [-0.25, -0.2) is 0 Å². The first kappa shape index (κ1) is 13.5. The second kappa shape index (κ2) is 5.81. The fraction of sp³-hybridized carbons (Fsp3) is 0.462. The molecule has 1 unspecified atom stereocenters. The molecule has 98 valence electrons. The number of carbonyl (C=O) groups is 1. The van der Waals surface area contributed by atoms with E-state index in [0.717, 1.165) is 25.9 Å². The van der Waals surface area contributed by atoms with Gasteiger partial charge in [-0.2, -0.15) is 0 Å². The first-order chi connectivity index (χ1) is 8.58. The molecule has 1 heterocycles. The van der Waals surface area contributed by atoms with E-state index in [1.54, 1.807) is 25.1 Å². The number of nitrogens with zero attached hydrogens (tertiary/aromatic N) is 1. The Morgan fingerprint density at radius 3 is 2.61 bits per heavy atom. The molecule has 0 N–H and O–H groups in total. The van der Waals surface area contributed by atoms with Gasteiger partial charge in [-0.05, 0) is 38.0 Å². The van der Waals surface area contributed by atoms with E-state index in [1.165, 1.54) is 0 Å². The summed E-state index contributed by atoms with van der Waals surface area (Å²) in [6, 6.07) is 4.97. The van der Waals surface area contributed by atoms with Crippen LogP contribution in [0.4, 0.5) is 0 Å². The van der Waals surface area contributed by atoms with Crippen LogP contribution in [0.15, 0.2) is 18.2 Å². The van der Waals surface area contributed by atoms with Crippen LogP contribution in [0.3, 0.4) is 0 Å². The zero-order chi connectivity index (χ0) is 13.1. The lowest BCUT2D eigenvalue weighted by molar-refractivity contribution is -0.136. The fourth-order valence-electron chi connectivity index (χ4n) is 2.01. The van der Waals surface area contributed by atoms with Crippen molar-refractivity contribution in [1.82, 2.24) is 4.90 Å². The van der Waals surface area contributed by atoms with Crippen molar-refractivity contribution in [3.05, 3.63) is 28.2 Å². The van der Waals surface area contributed by atoms with Gasteiger partial charge in [0.25, 0.3) is 5.91 Å². The highest BCUT2D eigenvalue weighted by molar-refractivity contribution is 6.35. The molecular formula is C13H15Cl2NO2. The van der Waals surface area contributed by atoms with Crippen molar-refractivity contribution in [2.24, 2.45) is 0 Å². The highest BCUT2D eigenvalue weighted by Crippen LogP contribution is 2.28. The Morgan fingerprint density at radius 2 is 2.00 bits per heavy atom. The Balaban J connectivity index is 2.01. The Hall–Kier alpha value is -0.930. The van der Waals surface area contributed by atoms with E-state index in [2.05, 4.69) is 0 Å². The van der Waals surface area contributed by atoms with Crippen molar-refractivity contribution >= 4 is 29.1 Å². The van der Waals surface area contributed by atoms with Crippen LogP contribution in [-0.4, -0.2) is 30.0 Å². The molecular weight excluding hydrogens is 273 g/mol. The molecule has 0 saturated carbocycles. The van der Waals surface area contributed by atoms with Gasteiger partial charge in [0.15, 0.2) is 6.10 Å². The molecule has 1 aromatic rings. The van der Waals surface area contributed by atoms with Crippen molar-refractivity contribution in [3.8, 4) is 5.75 Å². The minimum absolute atomic E-state index is 0.0125. The van der Waals surface area contributed by atoms with Crippen LogP contribution in [0.25, 0.3) is 0 Å². The smallest absolute Gasteiger partial charge is 0.263 e. The number of ether oxygens (including phenoxy) is 1. The van der Waals surface area contributed by atoms with Gasteiger partial charge in [0.1, 0.15) is 5.75 Å². The van der Waals surface area contributed by atoms with Gasteiger partial charge in [0.2, 0.25) is 0 Å². The van der Waals surface area contributed by atoms with Crippen LogP contribution in [0.5, 0.6) is 5.75 Å². The molecule has 0 spiro atoms. The summed E-state index contributed by atoms with van der Waals surface area (Å²) in [5.74, 6) is 0.500. The number of rotatable bonds is 3. The molecule has 18 heavy (non-hydrogen) atoms. The Labute approximate surface area is 117 Å². The number of halogens is 2. The molecule has 1 aliphatic rings. The molecule has 1 saturated heterocycles. The van der Waals surface area contributed by atoms with E-state index >= 15 is 0 Å². The molecule has 0 aromatic heterocycles. The number of carbonyl (C=O) groups excluding carboxylic acids is 1. The lowest BCUT2D eigenvalue weighted by Crippen LogP contribution is -2.38. The third-order valence-corrected chi connectivity index (χ3v) is 3.49. The number of amides is 1. The van der Waals surface area contributed by atoms with E-state index in [-0.39, 0.29) is 5.91 Å². The number of benzene rings is 1. The molecule has 0 radical (unpaired) electrons. The van der Waals surface area contributed by atoms with Crippen molar-refractivity contribution in [2.45, 2.75) is 25.9 Å². The Bertz CT molecular complexity index is 445. The summed E-state index contributed by atoms with van der Waals surface area (Å²) in [5.41, 5.74) is 0. The molecule has 1 atom stereocenters. The largest absolute Gasteiger partial charge is 0.479 e. The monoisotopic (exact) mass is 287 g/mol. The maximum atomic E-state index is 12.1. The summed E-state index contributed by atoms with van der Waals surface area (Å²) in [4.78, 5) is 13.9. The molecule has 1 aromatic carbocycles. The summed E-state index contributed by atoms with van der Waals surface area (Å²) >= 11 is 11.8. The van der Waals surface area contributed by atoms with Gasteiger partial charge >= 0.3 is 0 Å². The second-order valence-electron chi connectivity index (χ2n) is 4.37. The second-order valence-corrected chi connectivity index (χ2v) is 5.21. The summed E-state index contributed by atoms with van der Waals surface area (Å²) in [6.45, 7) is 3.38. The normalized spacial score (nSPS) is 16.7. The molecule has 1 fully saturated rings. The van der Waals surface area contributed by atoms with E-state index in [9.17, 15) is 4.79 Å². The molecule has 5 heteroatoms. The van der Waals surface area contributed by atoms with Crippen LogP contribution in [-0.2, 0) is 4.79 Å². The predicted octanol–water partition coefficient (Wildman–Crippen LogP) is 3.38. The van der Waals surface area contributed by atoms with Gasteiger partial charge in [-0.1, -0.05) is 23.2 Å². The van der Waals surface area contributed by atoms with Crippen LogP contribution in [0.2, 0.25) is 10.0 Å². The van der Waals surface area contributed by atoms with Gasteiger partial charge < -0.3 is 9.64 Å². The van der Waals surface area contributed by atoms with Crippen molar-refractivity contribution in [1.29, 1.82) is 0 Å². The van der Waals surface area contributed by atoms with Gasteiger partial charge in [0, 0.05) is 18.1 Å². The molecule has 1 amide bonds. The quantitative estimate of drug-likeness (QED) is 0.853. The van der Waals surface area contributed by atoms with Crippen LogP contribution >= 0.6 is 23.2 Å². The predicted molar refractivity (Wildman–Crippen MR) is 72.4 cm³/mol. The average molecular weight is 288 g/mol. The Kier molecular flexibility index (Phi) is 4.36. The lowest BCUT2D eigenvalue weighted by atomic mass is 10.3. The third-order valence-electron chi connectivity index (χ3n) is 2.96. The highest BCUT2D eigenvalue weighted by atomic mass is 35.5. The highest BCUT2D eigenvalue weighted by Gasteiger charge is 2.24. The topological polar surface area (TPSA) is 29.5 Å². The average Bonchev–Trinajstić information content (AvgIpc) is 2.85. The SMILES string of the molecule is CC(Oc1ccc(Cl)cc1Cl)C(=O)N1CCCC1. The van der Waals surface area contributed by atoms with Crippen molar-refractivity contribution < 1.29 is 9.53 Å². The Morgan fingerprint density at radius 1 is 1.33 bits per heavy atom. The van der Waals surface area contributed by atoms with Crippen molar-refractivity contribution in [2.75, 3.05) is 13.1 Å².